The first kappa shape index (κ1) is 17.1. The third-order valence-electron chi connectivity index (χ3n) is 2.48. The average molecular weight is 342 g/mol. The highest BCUT2D eigenvalue weighted by Crippen LogP contribution is 2.29. The highest BCUT2D eigenvalue weighted by molar-refractivity contribution is 8.13. The van der Waals surface area contributed by atoms with Crippen molar-refractivity contribution in [3.8, 4) is 5.75 Å². The molecule has 1 N–H and O–H groups in total. The minimum Gasteiger partial charge on any atom is -0.495 e. The molecule has 0 unspecified atom stereocenters. The predicted molar refractivity (Wildman–Crippen MR) is 78.4 cm³/mol. The van der Waals surface area contributed by atoms with E-state index < -0.39 is 19.1 Å². The maximum Gasteiger partial charge on any atom is 0.261 e. The van der Waals surface area contributed by atoms with Gasteiger partial charge in [-0.1, -0.05) is 13.3 Å². The van der Waals surface area contributed by atoms with E-state index in [1.165, 1.54) is 19.2 Å². The van der Waals surface area contributed by atoms with Crippen LogP contribution in [0.3, 0.4) is 0 Å². The topological polar surface area (TPSA) is 89.5 Å². The molecule has 1 rings (SSSR count). The molecular weight excluding hydrogens is 326 g/mol. The summed E-state index contributed by atoms with van der Waals surface area (Å²) >= 11 is 0. The number of benzene rings is 1. The summed E-state index contributed by atoms with van der Waals surface area (Å²) in [6.45, 7) is 1.87. The van der Waals surface area contributed by atoms with Crippen molar-refractivity contribution < 1.29 is 21.6 Å². The summed E-state index contributed by atoms with van der Waals surface area (Å²) in [5.74, 6) is 0.166. The van der Waals surface area contributed by atoms with E-state index in [-0.39, 0.29) is 22.1 Å². The molecule has 0 atom stereocenters. The monoisotopic (exact) mass is 341 g/mol. The molecule has 0 aliphatic rings. The number of halogens is 1. The molecule has 0 bridgehead atoms. The van der Waals surface area contributed by atoms with Crippen molar-refractivity contribution in [2.24, 2.45) is 0 Å². The fraction of sp³-hybridized carbons (Fsp3) is 0.455. The van der Waals surface area contributed by atoms with Gasteiger partial charge >= 0.3 is 0 Å². The molecule has 20 heavy (non-hydrogen) atoms. The Morgan fingerprint density at radius 2 is 1.90 bits per heavy atom. The first-order valence-electron chi connectivity index (χ1n) is 5.83. The highest BCUT2D eigenvalue weighted by Gasteiger charge is 2.17. The van der Waals surface area contributed by atoms with Crippen molar-refractivity contribution in [2.75, 3.05) is 17.6 Å². The third-order valence-corrected chi connectivity index (χ3v) is 5.19. The van der Waals surface area contributed by atoms with E-state index in [1.54, 1.807) is 0 Å². The van der Waals surface area contributed by atoms with E-state index in [0.717, 1.165) is 12.5 Å². The quantitative estimate of drug-likeness (QED) is 0.767. The molecule has 1 aromatic rings. The lowest BCUT2D eigenvalue weighted by Crippen LogP contribution is -2.17. The Morgan fingerprint density at radius 1 is 1.25 bits per heavy atom. The van der Waals surface area contributed by atoms with E-state index in [0.29, 0.717) is 6.42 Å². The summed E-state index contributed by atoms with van der Waals surface area (Å²) in [6, 6.07) is 3.71. The maximum atomic E-state index is 11.8. The molecule has 0 amide bonds. The van der Waals surface area contributed by atoms with Crippen LogP contribution in [0.2, 0.25) is 0 Å². The lowest BCUT2D eigenvalue weighted by atomic mass is 10.3. The van der Waals surface area contributed by atoms with Crippen molar-refractivity contribution in [3.63, 3.8) is 0 Å². The van der Waals surface area contributed by atoms with Crippen LogP contribution in [-0.4, -0.2) is 29.7 Å². The number of methoxy groups -OCH3 is 1. The van der Waals surface area contributed by atoms with Gasteiger partial charge in [-0.15, -0.1) is 0 Å². The molecule has 0 radical (unpaired) electrons. The summed E-state index contributed by atoms with van der Waals surface area (Å²) in [6.07, 6.45) is 1.24. The summed E-state index contributed by atoms with van der Waals surface area (Å²) in [5.41, 5.74) is 0.0466. The van der Waals surface area contributed by atoms with Crippen LogP contribution in [0, 0.1) is 0 Å². The summed E-state index contributed by atoms with van der Waals surface area (Å²) in [7, 11) is -0.910. The zero-order valence-electron chi connectivity index (χ0n) is 11.1. The first-order valence-corrected chi connectivity index (χ1v) is 9.79. The van der Waals surface area contributed by atoms with Gasteiger partial charge in [-0.25, -0.2) is 16.8 Å². The van der Waals surface area contributed by atoms with Crippen molar-refractivity contribution in [1.29, 1.82) is 0 Å². The molecule has 0 saturated heterocycles. The Bertz CT molecular complexity index is 670. The molecule has 1 aromatic carbocycles. The number of hydrogen-bond acceptors (Lipinski definition) is 5. The van der Waals surface area contributed by atoms with Gasteiger partial charge in [-0.05, 0) is 24.6 Å². The molecule has 0 aliphatic carbocycles. The van der Waals surface area contributed by atoms with Gasteiger partial charge in [0.1, 0.15) is 5.75 Å². The van der Waals surface area contributed by atoms with Gasteiger partial charge in [0.05, 0.1) is 23.4 Å². The van der Waals surface area contributed by atoms with Crippen LogP contribution in [0.5, 0.6) is 5.75 Å². The van der Waals surface area contributed by atoms with Gasteiger partial charge in [-0.3, -0.25) is 4.72 Å². The Balaban J connectivity index is 3.16. The van der Waals surface area contributed by atoms with Gasteiger partial charge in [-0.2, -0.15) is 0 Å². The van der Waals surface area contributed by atoms with Crippen molar-refractivity contribution in [3.05, 3.63) is 18.2 Å². The molecule has 0 aromatic heterocycles. The molecule has 0 fully saturated rings. The molecule has 0 aliphatic heterocycles. The fourth-order valence-corrected chi connectivity index (χ4v) is 3.51. The average Bonchev–Trinajstić information content (AvgIpc) is 2.35. The highest BCUT2D eigenvalue weighted by atomic mass is 35.7. The van der Waals surface area contributed by atoms with Crippen LogP contribution < -0.4 is 9.46 Å². The summed E-state index contributed by atoms with van der Waals surface area (Å²) in [4.78, 5) is -0.201. The smallest absolute Gasteiger partial charge is 0.261 e. The van der Waals surface area contributed by atoms with Crippen LogP contribution in [-0.2, 0) is 19.1 Å². The lowest BCUT2D eigenvalue weighted by Gasteiger charge is -2.12. The Hall–Kier alpha value is -0.990. The number of sulfonamides is 1. The molecule has 0 saturated carbocycles. The standard InChI is InChI=1S/C11H16ClNO5S2/c1-3-4-7-19(14,15)13-10-8-9(20(12,16)17)5-6-11(10)18-2/h5-6,8,13H,3-4,7H2,1-2H3. The van der Waals surface area contributed by atoms with Gasteiger partial charge in [0.2, 0.25) is 10.0 Å². The van der Waals surface area contributed by atoms with Crippen molar-refractivity contribution >= 4 is 35.4 Å². The van der Waals surface area contributed by atoms with Gasteiger partial charge in [0.25, 0.3) is 9.05 Å². The molecule has 114 valence electrons. The van der Waals surface area contributed by atoms with Crippen LogP contribution >= 0.6 is 10.7 Å². The fourth-order valence-electron chi connectivity index (χ4n) is 1.47. The minimum absolute atomic E-state index is 0.0466. The Kier molecular flexibility index (Phi) is 5.67. The Labute approximate surface area is 123 Å². The van der Waals surface area contributed by atoms with E-state index >= 15 is 0 Å². The van der Waals surface area contributed by atoms with Crippen LogP contribution in [0.25, 0.3) is 0 Å². The van der Waals surface area contributed by atoms with Gasteiger partial charge < -0.3 is 4.74 Å². The van der Waals surface area contributed by atoms with Crippen LogP contribution in [0.1, 0.15) is 19.8 Å². The lowest BCUT2D eigenvalue weighted by molar-refractivity contribution is 0.416. The van der Waals surface area contributed by atoms with Crippen LogP contribution in [0.4, 0.5) is 5.69 Å². The zero-order chi connectivity index (χ0) is 15.4. The molecule has 0 heterocycles. The van der Waals surface area contributed by atoms with Gasteiger partial charge in [0.15, 0.2) is 0 Å². The second kappa shape index (κ2) is 6.64. The zero-order valence-corrected chi connectivity index (χ0v) is 13.5. The first-order chi connectivity index (χ1) is 9.19. The summed E-state index contributed by atoms with van der Waals surface area (Å²) in [5, 5.41) is 0. The van der Waals surface area contributed by atoms with E-state index in [1.807, 2.05) is 6.92 Å². The molecule has 0 spiro atoms. The number of rotatable bonds is 7. The van der Waals surface area contributed by atoms with Gasteiger partial charge in [0, 0.05) is 10.7 Å². The third kappa shape index (κ3) is 4.84. The van der Waals surface area contributed by atoms with Crippen molar-refractivity contribution in [2.45, 2.75) is 24.7 Å². The largest absolute Gasteiger partial charge is 0.495 e. The van der Waals surface area contributed by atoms with Crippen molar-refractivity contribution in [1.82, 2.24) is 0 Å². The number of unbranched alkanes of at least 4 members (excludes halogenated alkanes) is 1. The second-order valence-corrected chi connectivity index (χ2v) is 8.48. The predicted octanol–water partition coefficient (Wildman–Crippen LogP) is 2.16. The minimum atomic E-state index is -3.94. The molecule has 9 heteroatoms. The number of nitrogens with one attached hydrogen (secondary N) is 1. The van der Waals surface area contributed by atoms with E-state index in [2.05, 4.69) is 4.72 Å². The number of anilines is 1. The molecular formula is C11H16ClNO5S2. The number of ether oxygens (including phenoxy) is 1. The number of hydrogen-bond donors (Lipinski definition) is 1. The summed E-state index contributed by atoms with van der Waals surface area (Å²) < 4.78 is 53.5. The normalized spacial score (nSPS) is 12.2. The maximum absolute atomic E-state index is 11.8. The Morgan fingerprint density at radius 3 is 2.40 bits per heavy atom. The molecule has 6 nitrogen and oxygen atoms in total. The van der Waals surface area contributed by atoms with E-state index in [4.69, 9.17) is 15.4 Å². The second-order valence-electron chi connectivity index (χ2n) is 4.07. The SMILES string of the molecule is CCCCS(=O)(=O)Nc1cc(S(=O)(=O)Cl)ccc1OC. The van der Waals surface area contributed by atoms with Crippen LogP contribution in [0.15, 0.2) is 23.1 Å². The van der Waals surface area contributed by atoms with E-state index in [9.17, 15) is 16.8 Å².